The zero-order valence-corrected chi connectivity index (χ0v) is 19.4. The first-order valence-corrected chi connectivity index (χ1v) is 11.7. The minimum absolute atomic E-state index is 0.122. The molecule has 34 heavy (non-hydrogen) atoms. The second kappa shape index (κ2) is 11.4. The Balaban J connectivity index is 1.31. The zero-order chi connectivity index (χ0) is 23.8. The fraction of sp³-hybridized carbons (Fsp3) is 0.385. The van der Waals surface area contributed by atoms with E-state index in [1.54, 1.807) is 13.2 Å². The Bertz CT molecular complexity index is 1160. The zero-order valence-electron chi connectivity index (χ0n) is 19.4. The number of benzene rings is 2. The first-order chi connectivity index (χ1) is 16.6. The van der Waals surface area contributed by atoms with Crippen LogP contribution in [0.25, 0.3) is 11.4 Å². The van der Waals surface area contributed by atoms with Crippen molar-refractivity contribution in [2.75, 3.05) is 20.3 Å². The van der Waals surface area contributed by atoms with Crippen molar-refractivity contribution in [1.29, 1.82) is 0 Å². The van der Waals surface area contributed by atoms with Crippen LogP contribution in [0.1, 0.15) is 36.9 Å². The number of rotatable bonds is 11. The van der Waals surface area contributed by atoms with Crippen molar-refractivity contribution in [3.8, 4) is 22.9 Å². The van der Waals surface area contributed by atoms with Crippen LogP contribution in [0.15, 0.2) is 53.3 Å². The molecule has 0 aliphatic heterocycles. The number of hydrogen-bond acceptors (Lipinski definition) is 6. The molecule has 0 bridgehead atoms. The highest BCUT2D eigenvalue weighted by Gasteiger charge is 2.19. The van der Waals surface area contributed by atoms with E-state index >= 15 is 0 Å². The van der Waals surface area contributed by atoms with Gasteiger partial charge in [-0.25, -0.2) is 0 Å². The Morgan fingerprint density at radius 2 is 1.91 bits per heavy atom. The molecular formula is C26H30N4O4. The van der Waals surface area contributed by atoms with Gasteiger partial charge in [-0.1, -0.05) is 36.8 Å². The first kappa shape index (κ1) is 23.5. The number of carbonyl (C=O) groups excluding carboxylic acids is 1. The van der Waals surface area contributed by atoms with Crippen molar-refractivity contribution in [3.63, 3.8) is 0 Å². The number of nitrogens with zero attached hydrogens (tertiary/aromatic N) is 2. The molecule has 1 aromatic heterocycles. The maximum absolute atomic E-state index is 12.5. The van der Waals surface area contributed by atoms with Crippen LogP contribution in [0.5, 0.6) is 11.5 Å². The average Bonchev–Trinajstić information content (AvgIpc) is 2.83. The van der Waals surface area contributed by atoms with Crippen molar-refractivity contribution in [2.24, 2.45) is 5.92 Å². The van der Waals surface area contributed by atoms with Crippen LogP contribution in [0.4, 0.5) is 0 Å². The lowest BCUT2D eigenvalue weighted by molar-refractivity contribution is -0.121. The van der Waals surface area contributed by atoms with Crippen LogP contribution in [-0.4, -0.2) is 41.3 Å². The van der Waals surface area contributed by atoms with Gasteiger partial charge in [0.15, 0.2) is 17.3 Å². The molecule has 2 aromatic carbocycles. The van der Waals surface area contributed by atoms with Crippen LogP contribution in [0.3, 0.4) is 0 Å². The molecule has 3 aromatic rings. The standard InChI is InChI=1S/C26H30N4O4/c1-33-23-16-20(10-12-22(23)34-17-19-8-5-9-19)25-28-26(32)21(29-30-25)11-13-24(31)27-15-14-18-6-3-2-4-7-18/h2-4,6-7,10,12,16,19H,5,8-9,11,13-15,17H2,1H3,(H,27,31)(H,28,30,32). The lowest BCUT2D eigenvalue weighted by atomic mass is 9.86. The molecule has 0 saturated heterocycles. The van der Waals surface area contributed by atoms with Gasteiger partial charge >= 0.3 is 0 Å². The second-order valence-electron chi connectivity index (χ2n) is 8.51. The molecule has 1 aliphatic carbocycles. The molecule has 4 rings (SSSR count). The summed E-state index contributed by atoms with van der Waals surface area (Å²) in [6, 6.07) is 15.4. The van der Waals surface area contributed by atoms with E-state index in [-0.39, 0.29) is 30.0 Å². The number of carbonyl (C=O) groups is 1. The molecule has 1 aliphatic rings. The van der Waals surface area contributed by atoms with Crippen LogP contribution in [0.2, 0.25) is 0 Å². The summed E-state index contributed by atoms with van der Waals surface area (Å²) in [5.41, 5.74) is 1.71. The number of H-pyrrole nitrogens is 1. The lowest BCUT2D eigenvalue weighted by Gasteiger charge is -2.25. The lowest BCUT2D eigenvalue weighted by Crippen LogP contribution is -2.27. The Labute approximate surface area is 198 Å². The molecule has 1 saturated carbocycles. The van der Waals surface area contributed by atoms with Gasteiger partial charge in [0.05, 0.1) is 13.7 Å². The monoisotopic (exact) mass is 462 g/mol. The Hall–Kier alpha value is -3.68. The van der Waals surface area contributed by atoms with Gasteiger partial charge in [0, 0.05) is 24.9 Å². The van der Waals surface area contributed by atoms with Crippen molar-refractivity contribution in [3.05, 3.63) is 70.1 Å². The van der Waals surface area contributed by atoms with Gasteiger partial charge in [-0.3, -0.25) is 9.59 Å². The SMILES string of the molecule is COc1cc(-c2nnc(CCC(=O)NCCc3ccccc3)c(=O)[nH]2)ccc1OCC1CCC1. The van der Waals surface area contributed by atoms with E-state index in [0.29, 0.717) is 42.0 Å². The van der Waals surface area contributed by atoms with Crippen LogP contribution in [-0.2, 0) is 17.6 Å². The van der Waals surface area contributed by atoms with Crippen molar-refractivity contribution in [2.45, 2.75) is 38.5 Å². The van der Waals surface area contributed by atoms with E-state index in [2.05, 4.69) is 20.5 Å². The van der Waals surface area contributed by atoms with E-state index in [0.717, 1.165) is 12.0 Å². The highest BCUT2D eigenvalue weighted by atomic mass is 16.5. The number of amides is 1. The summed E-state index contributed by atoms with van der Waals surface area (Å²) in [7, 11) is 1.58. The fourth-order valence-electron chi connectivity index (χ4n) is 3.77. The largest absolute Gasteiger partial charge is 0.493 e. The molecule has 0 spiro atoms. The number of aromatic amines is 1. The summed E-state index contributed by atoms with van der Waals surface area (Å²) < 4.78 is 11.4. The van der Waals surface area contributed by atoms with Crippen LogP contribution in [0, 0.1) is 5.92 Å². The highest BCUT2D eigenvalue weighted by molar-refractivity contribution is 5.76. The molecule has 1 amide bonds. The number of aromatic nitrogens is 3. The predicted molar refractivity (Wildman–Crippen MR) is 129 cm³/mol. The van der Waals surface area contributed by atoms with E-state index in [1.165, 1.54) is 19.3 Å². The van der Waals surface area contributed by atoms with Gasteiger partial charge in [0.2, 0.25) is 5.91 Å². The summed E-state index contributed by atoms with van der Waals surface area (Å²) in [5, 5.41) is 11.1. The number of methoxy groups -OCH3 is 1. The minimum atomic E-state index is -0.355. The third-order valence-corrected chi connectivity index (χ3v) is 6.07. The normalized spacial score (nSPS) is 13.2. The van der Waals surface area contributed by atoms with Gasteiger partial charge in [-0.2, -0.15) is 0 Å². The molecule has 0 radical (unpaired) electrons. The number of aryl methyl sites for hydroxylation is 1. The molecule has 1 fully saturated rings. The number of hydrogen-bond donors (Lipinski definition) is 2. The quantitative estimate of drug-likeness (QED) is 0.453. The summed E-state index contributed by atoms with van der Waals surface area (Å²) >= 11 is 0. The summed E-state index contributed by atoms with van der Waals surface area (Å²) in [5.74, 6) is 2.08. The van der Waals surface area contributed by atoms with Gasteiger partial charge in [-0.15, -0.1) is 10.2 Å². The minimum Gasteiger partial charge on any atom is -0.493 e. The molecule has 8 heteroatoms. The molecule has 1 heterocycles. The Kier molecular flexibility index (Phi) is 7.91. The molecule has 0 atom stereocenters. The molecule has 178 valence electrons. The third kappa shape index (κ3) is 6.21. The second-order valence-corrected chi connectivity index (χ2v) is 8.51. The van der Waals surface area contributed by atoms with Crippen molar-refractivity contribution >= 4 is 5.91 Å². The highest BCUT2D eigenvalue weighted by Crippen LogP contribution is 2.33. The van der Waals surface area contributed by atoms with Gasteiger partial charge in [0.1, 0.15) is 5.69 Å². The fourth-order valence-corrected chi connectivity index (χ4v) is 3.77. The van der Waals surface area contributed by atoms with E-state index < -0.39 is 0 Å². The molecule has 2 N–H and O–H groups in total. The predicted octanol–water partition coefficient (Wildman–Crippen LogP) is 3.31. The summed E-state index contributed by atoms with van der Waals surface area (Å²) in [6.07, 6.45) is 4.84. The smallest absolute Gasteiger partial charge is 0.273 e. The number of ether oxygens (including phenoxy) is 2. The Morgan fingerprint density at radius 1 is 1.09 bits per heavy atom. The first-order valence-electron chi connectivity index (χ1n) is 11.7. The molecular weight excluding hydrogens is 432 g/mol. The van der Waals surface area contributed by atoms with Crippen molar-refractivity contribution < 1.29 is 14.3 Å². The maximum atomic E-state index is 12.5. The van der Waals surface area contributed by atoms with Crippen LogP contribution < -0.4 is 20.3 Å². The van der Waals surface area contributed by atoms with Crippen molar-refractivity contribution in [1.82, 2.24) is 20.5 Å². The van der Waals surface area contributed by atoms with E-state index in [1.807, 2.05) is 42.5 Å². The average molecular weight is 463 g/mol. The summed E-state index contributed by atoms with van der Waals surface area (Å²) in [4.78, 5) is 27.4. The maximum Gasteiger partial charge on any atom is 0.273 e. The van der Waals surface area contributed by atoms with Gasteiger partial charge in [0.25, 0.3) is 5.56 Å². The molecule has 8 nitrogen and oxygen atoms in total. The van der Waals surface area contributed by atoms with E-state index in [4.69, 9.17) is 9.47 Å². The topological polar surface area (TPSA) is 106 Å². The van der Waals surface area contributed by atoms with Gasteiger partial charge < -0.3 is 19.8 Å². The number of nitrogens with one attached hydrogen (secondary N) is 2. The summed E-state index contributed by atoms with van der Waals surface area (Å²) in [6.45, 7) is 1.23. The van der Waals surface area contributed by atoms with Gasteiger partial charge in [-0.05, 0) is 48.9 Å². The third-order valence-electron chi connectivity index (χ3n) is 6.07. The Morgan fingerprint density at radius 3 is 2.62 bits per heavy atom. The van der Waals surface area contributed by atoms with Crippen LogP contribution >= 0.6 is 0 Å². The molecule has 0 unspecified atom stereocenters. The van der Waals surface area contributed by atoms with E-state index in [9.17, 15) is 9.59 Å².